The monoisotopic (exact) mass is 250 g/mol. The van der Waals surface area contributed by atoms with Gasteiger partial charge in [-0.15, -0.1) is 0 Å². The first-order valence-electron chi connectivity index (χ1n) is 6.14. The van der Waals surface area contributed by atoms with Gasteiger partial charge in [-0.25, -0.2) is 0 Å². The van der Waals surface area contributed by atoms with Gasteiger partial charge < -0.3 is 4.74 Å². The van der Waals surface area contributed by atoms with Crippen LogP contribution in [0.15, 0.2) is 66.9 Å². The molecule has 1 aromatic heterocycles. The molecule has 3 heteroatoms. The summed E-state index contributed by atoms with van der Waals surface area (Å²) in [5.74, 6) is 1.67. The van der Waals surface area contributed by atoms with Crippen LogP contribution in [-0.2, 0) is 7.05 Å². The van der Waals surface area contributed by atoms with E-state index in [4.69, 9.17) is 4.74 Å². The second kappa shape index (κ2) is 4.98. The highest BCUT2D eigenvalue weighted by molar-refractivity contribution is 5.60. The third-order valence-corrected chi connectivity index (χ3v) is 2.95. The van der Waals surface area contributed by atoms with Crippen LogP contribution in [0.4, 0.5) is 0 Å². The molecule has 19 heavy (non-hydrogen) atoms. The minimum absolute atomic E-state index is 0.831. The molecule has 0 amide bonds. The van der Waals surface area contributed by atoms with Gasteiger partial charge in [-0.1, -0.05) is 18.2 Å². The summed E-state index contributed by atoms with van der Waals surface area (Å²) in [5, 5.41) is 4.17. The van der Waals surface area contributed by atoms with E-state index < -0.39 is 0 Å². The summed E-state index contributed by atoms with van der Waals surface area (Å²) in [7, 11) is 1.93. The highest BCUT2D eigenvalue weighted by Gasteiger charge is 2.03. The lowest BCUT2D eigenvalue weighted by Gasteiger charge is -2.07. The number of hydrogen-bond acceptors (Lipinski definition) is 2. The second-order valence-corrected chi connectivity index (χ2v) is 4.28. The minimum Gasteiger partial charge on any atom is -0.457 e. The van der Waals surface area contributed by atoms with Crippen LogP contribution < -0.4 is 4.74 Å². The average molecular weight is 250 g/mol. The summed E-state index contributed by atoms with van der Waals surface area (Å²) < 4.78 is 7.61. The number of rotatable bonds is 3. The molecule has 2 aromatic carbocycles. The van der Waals surface area contributed by atoms with Crippen molar-refractivity contribution < 1.29 is 4.74 Å². The zero-order chi connectivity index (χ0) is 13.1. The van der Waals surface area contributed by atoms with Gasteiger partial charge in [0, 0.05) is 18.8 Å². The lowest BCUT2D eigenvalue weighted by molar-refractivity contribution is 0.483. The molecule has 0 saturated heterocycles. The Morgan fingerprint density at radius 2 is 1.53 bits per heavy atom. The number of hydrogen-bond donors (Lipinski definition) is 0. The summed E-state index contributed by atoms with van der Waals surface area (Å²) in [5.41, 5.74) is 2.21. The summed E-state index contributed by atoms with van der Waals surface area (Å²) in [4.78, 5) is 0. The van der Waals surface area contributed by atoms with Gasteiger partial charge >= 0.3 is 0 Å². The number of ether oxygens (including phenoxy) is 1. The molecule has 94 valence electrons. The number of nitrogens with zero attached hydrogens (tertiary/aromatic N) is 2. The first kappa shape index (κ1) is 11.5. The van der Waals surface area contributed by atoms with Crippen LogP contribution >= 0.6 is 0 Å². The molecule has 0 aliphatic heterocycles. The lowest BCUT2D eigenvalue weighted by atomic mass is 10.1. The summed E-state index contributed by atoms with van der Waals surface area (Å²) in [6.45, 7) is 0. The molecule has 3 aromatic rings. The number of aromatic nitrogens is 2. The normalized spacial score (nSPS) is 10.4. The fraction of sp³-hybridized carbons (Fsp3) is 0.0625. The molecule has 0 aliphatic carbocycles. The maximum atomic E-state index is 5.76. The van der Waals surface area contributed by atoms with E-state index in [0.717, 1.165) is 22.8 Å². The summed E-state index contributed by atoms with van der Waals surface area (Å²) in [6.07, 6.45) is 1.80. The van der Waals surface area contributed by atoms with Crippen LogP contribution in [0.5, 0.6) is 11.5 Å². The fourth-order valence-electron chi connectivity index (χ4n) is 1.98. The number of benzene rings is 2. The Hall–Kier alpha value is -2.55. The van der Waals surface area contributed by atoms with Gasteiger partial charge in [0.15, 0.2) is 0 Å². The van der Waals surface area contributed by atoms with Crippen molar-refractivity contribution in [3.05, 3.63) is 66.9 Å². The third-order valence-electron chi connectivity index (χ3n) is 2.95. The van der Waals surface area contributed by atoms with Crippen LogP contribution in [-0.4, -0.2) is 9.78 Å². The van der Waals surface area contributed by atoms with Gasteiger partial charge in [0.05, 0.1) is 5.69 Å². The largest absolute Gasteiger partial charge is 0.457 e. The number of aryl methyl sites for hydroxylation is 1. The van der Waals surface area contributed by atoms with Crippen molar-refractivity contribution in [1.82, 2.24) is 9.78 Å². The molecule has 3 nitrogen and oxygen atoms in total. The molecule has 3 rings (SSSR count). The fourth-order valence-corrected chi connectivity index (χ4v) is 1.98. The number of para-hydroxylation sites is 1. The zero-order valence-corrected chi connectivity index (χ0v) is 10.7. The van der Waals surface area contributed by atoms with Crippen molar-refractivity contribution in [3.63, 3.8) is 0 Å². The van der Waals surface area contributed by atoms with E-state index in [-0.39, 0.29) is 0 Å². The first-order chi connectivity index (χ1) is 9.33. The molecule has 0 aliphatic rings. The molecule has 0 fully saturated rings. The summed E-state index contributed by atoms with van der Waals surface area (Å²) in [6, 6.07) is 19.8. The van der Waals surface area contributed by atoms with E-state index in [9.17, 15) is 0 Å². The Balaban J connectivity index is 1.82. The highest BCUT2D eigenvalue weighted by atomic mass is 16.5. The highest BCUT2D eigenvalue weighted by Crippen LogP contribution is 2.25. The lowest BCUT2D eigenvalue weighted by Crippen LogP contribution is -1.93. The quantitative estimate of drug-likeness (QED) is 0.705. The summed E-state index contributed by atoms with van der Waals surface area (Å²) >= 11 is 0. The Labute approximate surface area is 112 Å². The Morgan fingerprint density at radius 1 is 0.842 bits per heavy atom. The van der Waals surface area contributed by atoms with Crippen molar-refractivity contribution in [3.8, 4) is 22.8 Å². The molecule has 0 unspecified atom stereocenters. The molecule has 0 atom stereocenters. The third kappa shape index (κ3) is 2.50. The van der Waals surface area contributed by atoms with Crippen molar-refractivity contribution >= 4 is 0 Å². The van der Waals surface area contributed by atoms with E-state index in [2.05, 4.69) is 5.10 Å². The van der Waals surface area contributed by atoms with E-state index in [1.165, 1.54) is 0 Å². The van der Waals surface area contributed by atoms with Crippen LogP contribution in [0.1, 0.15) is 0 Å². The van der Waals surface area contributed by atoms with E-state index in [1.54, 1.807) is 6.20 Å². The van der Waals surface area contributed by atoms with Crippen LogP contribution in [0.3, 0.4) is 0 Å². The van der Waals surface area contributed by atoms with Crippen molar-refractivity contribution in [2.24, 2.45) is 7.05 Å². The van der Waals surface area contributed by atoms with Gasteiger partial charge in [0.25, 0.3) is 0 Å². The van der Waals surface area contributed by atoms with Gasteiger partial charge in [0.1, 0.15) is 11.5 Å². The van der Waals surface area contributed by atoms with E-state index in [0.29, 0.717) is 0 Å². The van der Waals surface area contributed by atoms with Crippen LogP contribution in [0.25, 0.3) is 11.3 Å². The van der Waals surface area contributed by atoms with E-state index >= 15 is 0 Å². The predicted molar refractivity (Wildman–Crippen MR) is 75.2 cm³/mol. The topological polar surface area (TPSA) is 27.1 Å². The predicted octanol–water partition coefficient (Wildman–Crippen LogP) is 3.88. The van der Waals surface area contributed by atoms with Crippen LogP contribution in [0, 0.1) is 0 Å². The molecular weight excluding hydrogens is 236 g/mol. The SMILES string of the molecule is Cn1nccc1-c1ccc(Oc2ccccc2)cc1. The maximum Gasteiger partial charge on any atom is 0.127 e. The maximum absolute atomic E-state index is 5.76. The first-order valence-corrected chi connectivity index (χ1v) is 6.14. The van der Waals surface area contributed by atoms with Crippen LogP contribution in [0.2, 0.25) is 0 Å². The van der Waals surface area contributed by atoms with E-state index in [1.807, 2.05) is 72.4 Å². The Bertz CT molecular complexity index is 657. The second-order valence-electron chi connectivity index (χ2n) is 4.28. The van der Waals surface area contributed by atoms with Gasteiger partial charge in [-0.05, 0) is 42.5 Å². The average Bonchev–Trinajstić information content (AvgIpc) is 2.87. The molecule has 0 radical (unpaired) electrons. The molecule has 0 N–H and O–H groups in total. The van der Waals surface area contributed by atoms with Gasteiger partial charge in [-0.2, -0.15) is 5.10 Å². The van der Waals surface area contributed by atoms with Crippen molar-refractivity contribution in [2.75, 3.05) is 0 Å². The minimum atomic E-state index is 0.831. The van der Waals surface area contributed by atoms with Gasteiger partial charge in [0.2, 0.25) is 0 Å². The molecule has 0 spiro atoms. The Kier molecular flexibility index (Phi) is 3.02. The molecule has 0 bridgehead atoms. The molecule has 0 saturated carbocycles. The Morgan fingerprint density at radius 3 is 2.16 bits per heavy atom. The molecular formula is C16H14N2O. The molecule has 1 heterocycles. The smallest absolute Gasteiger partial charge is 0.127 e. The van der Waals surface area contributed by atoms with Gasteiger partial charge in [-0.3, -0.25) is 4.68 Å². The van der Waals surface area contributed by atoms with Crippen molar-refractivity contribution in [1.29, 1.82) is 0 Å². The zero-order valence-electron chi connectivity index (χ0n) is 10.7. The standard InChI is InChI=1S/C16H14N2O/c1-18-16(11-12-17-18)13-7-9-15(10-8-13)19-14-5-3-2-4-6-14/h2-12H,1H3. The van der Waals surface area contributed by atoms with Crippen molar-refractivity contribution in [2.45, 2.75) is 0 Å².